The number of anilines is 2. The molecule has 0 aliphatic carbocycles. The van der Waals surface area contributed by atoms with Crippen molar-refractivity contribution in [2.75, 3.05) is 42.9 Å². The third-order valence-electron chi connectivity index (χ3n) is 3.30. The third kappa shape index (κ3) is 2.79. The SMILES string of the molecule is Cl.Cl.c1cc2c(c(N3CCNCC3)c1)CCN2. The highest BCUT2D eigenvalue weighted by Crippen LogP contribution is 2.31. The number of nitrogens with zero attached hydrogens (tertiary/aromatic N) is 1. The smallest absolute Gasteiger partial charge is 0.0421 e. The Hall–Kier alpha value is -0.640. The van der Waals surface area contributed by atoms with E-state index in [4.69, 9.17) is 0 Å². The summed E-state index contributed by atoms with van der Waals surface area (Å²) < 4.78 is 0. The van der Waals surface area contributed by atoms with Gasteiger partial charge in [-0.05, 0) is 18.6 Å². The second kappa shape index (κ2) is 6.34. The van der Waals surface area contributed by atoms with Gasteiger partial charge < -0.3 is 15.5 Å². The summed E-state index contributed by atoms with van der Waals surface area (Å²) in [6, 6.07) is 6.61. The van der Waals surface area contributed by atoms with Gasteiger partial charge in [-0.1, -0.05) is 6.07 Å². The Morgan fingerprint density at radius 3 is 2.53 bits per heavy atom. The van der Waals surface area contributed by atoms with Crippen LogP contribution in [0.3, 0.4) is 0 Å². The zero-order valence-corrected chi connectivity index (χ0v) is 11.4. The molecule has 0 spiro atoms. The van der Waals surface area contributed by atoms with Crippen LogP contribution < -0.4 is 15.5 Å². The second-order valence-corrected chi connectivity index (χ2v) is 4.22. The van der Waals surface area contributed by atoms with Crippen LogP contribution >= 0.6 is 24.8 Å². The number of rotatable bonds is 1. The number of hydrogen-bond donors (Lipinski definition) is 2. The number of hydrogen-bond acceptors (Lipinski definition) is 3. The molecule has 2 heterocycles. The van der Waals surface area contributed by atoms with Gasteiger partial charge in [-0.2, -0.15) is 0 Å². The van der Waals surface area contributed by atoms with Gasteiger partial charge in [0.1, 0.15) is 0 Å². The molecule has 17 heavy (non-hydrogen) atoms. The van der Waals surface area contributed by atoms with Crippen LogP contribution in [0.4, 0.5) is 11.4 Å². The lowest BCUT2D eigenvalue weighted by molar-refractivity contribution is 0.588. The number of nitrogens with one attached hydrogen (secondary N) is 2. The summed E-state index contributed by atoms with van der Waals surface area (Å²) in [5.74, 6) is 0. The number of fused-ring (bicyclic) bond motifs is 1. The van der Waals surface area contributed by atoms with Crippen molar-refractivity contribution in [3.63, 3.8) is 0 Å². The molecule has 2 aliphatic heterocycles. The van der Waals surface area contributed by atoms with Crippen molar-refractivity contribution < 1.29 is 0 Å². The molecule has 96 valence electrons. The summed E-state index contributed by atoms with van der Waals surface area (Å²) in [7, 11) is 0. The molecule has 1 saturated heterocycles. The van der Waals surface area contributed by atoms with E-state index in [-0.39, 0.29) is 24.8 Å². The molecule has 2 N–H and O–H groups in total. The zero-order chi connectivity index (χ0) is 10.1. The number of piperazine rings is 1. The molecule has 0 bridgehead atoms. The van der Waals surface area contributed by atoms with E-state index < -0.39 is 0 Å². The first-order valence-corrected chi connectivity index (χ1v) is 5.76. The first-order chi connectivity index (χ1) is 7.45. The second-order valence-electron chi connectivity index (χ2n) is 4.22. The lowest BCUT2D eigenvalue weighted by Gasteiger charge is -2.31. The average Bonchev–Trinajstić information content (AvgIpc) is 2.78. The van der Waals surface area contributed by atoms with Gasteiger partial charge in [0, 0.05) is 49.7 Å². The predicted octanol–water partition coefficient (Wildman–Crippen LogP) is 1.91. The third-order valence-corrected chi connectivity index (χ3v) is 3.30. The first kappa shape index (κ1) is 14.4. The minimum Gasteiger partial charge on any atom is -0.384 e. The molecule has 2 aliphatic rings. The van der Waals surface area contributed by atoms with Gasteiger partial charge in [-0.25, -0.2) is 0 Å². The molecule has 0 unspecified atom stereocenters. The van der Waals surface area contributed by atoms with Crippen molar-refractivity contribution in [2.24, 2.45) is 0 Å². The van der Waals surface area contributed by atoms with E-state index in [1.807, 2.05) is 0 Å². The molecular weight excluding hydrogens is 257 g/mol. The maximum absolute atomic E-state index is 3.44. The van der Waals surface area contributed by atoms with Crippen LogP contribution in [-0.2, 0) is 6.42 Å². The Morgan fingerprint density at radius 2 is 1.76 bits per heavy atom. The van der Waals surface area contributed by atoms with Gasteiger partial charge in [0.05, 0.1) is 0 Å². The summed E-state index contributed by atoms with van der Waals surface area (Å²) >= 11 is 0. The Bertz CT molecular complexity index is 365. The average molecular weight is 276 g/mol. The van der Waals surface area contributed by atoms with Crippen LogP contribution in [0.15, 0.2) is 18.2 Å². The Labute approximate surface area is 115 Å². The molecule has 1 fully saturated rings. The highest BCUT2D eigenvalue weighted by Gasteiger charge is 2.18. The van der Waals surface area contributed by atoms with Crippen molar-refractivity contribution in [1.82, 2.24) is 5.32 Å². The molecule has 0 radical (unpaired) electrons. The van der Waals surface area contributed by atoms with Crippen molar-refractivity contribution >= 4 is 36.2 Å². The molecule has 0 saturated carbocycles. The number of halogens is 2. The fraction of sp³-hybridized carbons (Fsp3) is 0.500. The van der Waals surface area contributed by atoms with Crippen molar-refractivity contribution in [3.8, 4) is 0 Å². The first-order valence-electron chi connectivity index (χ1n) is 5.76. The minimum absolute atomic E-state index is 0. The summed E-state index contributed by atoms with van der Waals surface area (Å²) in [4.78, 5) is 2.50. The van der Waals surface area contributed by atoms with Gasteiger partial charge in [0.15, 0.2) is 0 Å². The van der Waals surface area contributed by atoms with E-state index in [1.165, 1.54) is 23.4 Å². The normalized spacial score (nSPS) is 17.5. The van der Waals surface area contributed by atoms with Crippen LogP contribution in [0.2, 0.25) is 0 Å². The van der Waals surface area contributed by atoms with Crippen molar-refractivity contribution in [3.05, 3.63) is 23.8 Å². The molecule has 0 amide bonds. The standard InChI is InChI=1S/C12H17N3.2ClH/c1-2-11-10(4-5-14-11)12(3-1)15-8-6-13-7-9-15;;/h1-3,13-14H,4-9H2;2*1H. The molecule has 5 heteroatoms. The van der Waals surface area contributed by atoms with Gasteiger partial charge in [0.2, 0.25) is 0 Å². The quantitative estimate of drug-likeness (QED) is 0.820. The van der Waals surface area contributed by atoms with Crippen LogP contribution in [-0.4, -0.2) is 32.7 Å². The largest absolute Gasteiger partial charge is 0.384 e. The maximum atomic E-state index is 3.44. The van der Waals surface area contributed by atoms with E-state index in [9.17, 15) is 0 Å². The van der Waals surface area contributed by atoms with Crippen LogP contribution in [0.25, 0.3) is 0 Å². The summed E-state index contributed by atoms with van der Waals surface area (Å²) in [6.45, 7) is 5.58. The lowest BCUT2D eigenvalue weighted by Crippen LogP contribution is -2.43. The summed E-state index contributed by atoms with van der Waals surface area (Å²) in [5, 5.41) is 6.83. The maximum Gasteiger partial charge on any atom is 0.0421 e. The van der Waals surface area contributed by atoms with E-state index in [0.717, 1.165) is 32.7 Å². The van der Waals surface area contributed by atoms with Gasteiger partial charge in [0.25, 0.3) is 0 Å². The zero-order valence-electron chi connectivity index (χ0n) is 9.74. The fourth-order valence-electron chi connectivity index (χ4n) is 2.53. The Kier molecular flexibility index (Phi) is 5.37. The monoisotopic (exact) mass is 275 g/mol. The topological polar surface area (TPSA) is 27.3 Å². The van der Waals surface area contributed by atoms with Gasteiger partial charge >= 0.3 is 0 Å². The fourth-order valence-corrected chi connectivity index (χ4v) is 2.53. The highest BCUT2D eigenvalue weighted by atomic mass is 35.5. The molecule has 0 atom stereocenters. The Morgan fingerprint density at radius 1 is 1.00 bits per heavy atom. The molecular formula is C12H19Cl2N3. The number of benzene rings is 1. The molecule has 0 aromatic heterocycles. The molecule has 3 nitrogen and oxygen atoms in total. The molecule has 1 aromatic rings. The molecule has 3 rings (SSSR count). The van der Waals surface area contributed by atoms with E-state index >= 15 is 0 Å². The minimum atomic E-state index is 0. The Balaban J connectivity index is 0.000000722. The lowest BCUT2D eigenvalue weighted by atomic mass is 10.1. The van der Waals surface area contributed by atoms with Crippen LogP contribution in [0, 0.1) is 0 Å². The molecule has 1 aromatic carbocycles. The van der Waals surface area contributed by atoms with Crippen LogP contribution in [0.1, 0.15) is 5.56 Å². The highest BCUT2D eigenvalue weighted by molar-refractivity contribution is 5.85. The van der Waals surface area contributed by atoms with Crippen molar-refractivity contribution in [1.29, 1.82) is 0 Å². The van der Waals surface area contributed by atoms with Gasteiger partial charge in [-0.3, -0.25) is 0 Å². The van der Waals surface area contributed by atoms with Crippen molar-refractivity contribution in [2.45, 2.75) is 6.42 Å². The van der Waals surface area contributed by atoms with E-state index in [0.29, 0.717) is 0 Å². The predicted molar refractivity (Wildman–Crippen MR) is 78.2 cm³/mol. The van der Waals surface area contributed by atoms with Gasteiger partial charge in [-0.15, -0.1) is 24.8 Å². The van der Waals surface area contributed by atoms with Crippen LogP contribution in [0.5, 0.6) is 0 Å². The van der Waals surface area contributed by atoms with E-state index in [2.05, 4.69) is 33.7 Å². The summed E-state index contributed by atoms with van der Waals surface area (Å²) in [5.41, 5.74) is 4.30. The summed E-state index contributed by atoms with van der Waals surface area (Å²) in [6.07, 6.45) is 1.18. The van der Waals surface area contributed by atoms with E-state index in [1.54, 1.807) is 0 Å².